The number of hydrogen-bond donors (Lipinski definition) is 2. The topological polar surface area (TPSA) is 85.1 Å². The number of nitrogens with zero attached hydrogens (tertiary/aromatic N) is 1. The fourth-order valence-electron chi connectivity index (χ4n) is 1.57. The van der Waals surface area contributed by atoms with Crippen molar-refractivity contribution in [3.05, 3.63) is 10.7 Å². The van der Waals surface area contributed by atoms with Crippen molar-refractivity contribution in [2.24, 2.45) is 5.73 Å². The quantitative estimate of drug-likeness (QED) is 0.836. The molecule has 1 heterocycles. The van der Waals surface area contributed by atoms with E-state index in [1.807, 2.05) is 13.8 Å². The molecule has 19 heavy (non-hydrogen) atoms. The lowest BCUT2D eigenvalue weighted by atomic mass is 9.95. The number of halogens is 1. The molecule has 8 heteroatoms. The highest BCUT2D eigenvalue weighted by Gasteiger charge is 2.26. The van der Waals surface area contributed by atoms with Gasteiger partial charge < -0.3 is 5.73 Å². The van der Waals surface area contributed by atoms with Crippen molar-refractivity contribution >= 4 is 33.8 Å². The first-order valence-corrected chi connectivity index (χ1v) is 8.26. The van der Waals surface area contributed by atoms with Gasteiger partial charge in [-0.05, 0) is 26.7 Å². The SMILES string of the molecule is CCC(N)(CC)CNS(=O)(=O)c1sc(C)nc1C.Cl. The van der Waals surface area contributed by atoms with Crippen LogP contribution in [-0.2, 0) is 10.0 Å². The molecule has 1 aromatic rings. The highest BCUT2D eigenvalue weighted by Crippen LogP contribution is 2.23. The molecule has 0 fully saturated rings. The van der Waals surface area contributed by atoms with Gasteiger partial charge in [0.15, 0.2) is 4.21 Å². The third-order valence-electron chi connectivity index (χ3n) is 3.13. The lowest BCUT2D eigenvalue weighted by molar-refractivity contribution is 0.392. The van der Waals surface area contributed by atoms with E-state index in [-0.39, 0.29) is 23.2 Å². The van der Waals surface area contributed by atoms with E-state index < -0.39 is 15.6 Å². The van der Waals surface area contributed by atoms with Gasteiger partial charge in [0.05, 0.1) is 10.7 Å². The summed E-state index contributed by atoms with van der Waals surface area (Å²) < 4.78 is 27.2. The molecule has 0 radical (unpaired) electrons. The van der Waals surface area contributed by atoms with Gasteiger partial charge in [0.1, 0.15) is 0 Å². The van der Waals surface area contributed by atoms with Crippen LogP contribution in [0.2, 0.25) is 0 Å². The first-order valence-electron chi connectivity index (χ1n) is 5.96. The van der Waals surface area contributed by atoms with Crippen molar-refractivity contribution in [2.45, 2.75) is 50.3 Å². The van der Waals surface area contributed by atoms with Gasteiger partial charge in [-0.2, -0.15) is 0 Å². The zero-order valence-electron chi connectivity index (χ0n) is 11.7. The van der Waals surface area contributed by atoms with E-state index in [0.29, 0.717) is 5.69 Å². The van der Waals surface area contributed by atoms with Crippen molar-refractivity contribution in [3.63, 3.8) is 0 Å². The second kappa shape index (κ2) is 6.99. The van der Waals surface area contributed by atoms with E-state index in [0.717, 1.165) is 17.8 Å². The number of aryl methyl sites for hydroxylation is 2. The van der Waals surface area contributed by atoms with Crippen LogP contribution in [-0.4, -0.2) is 25.5 Å². The van der Waals surface area contributed by atoms with Crippen LogP contribution in [0.3, 0.4) is 0 Å². The van der Waals surface area contributed by atoms with Gasteiger partial charge in [0, 0.05) is 12.1 Å². The molecule has 0 aliphatic rings. The van der Waals surface area contributed by atoms with Crippen LogP contribution in [0.1, 0.15) is 37.4 Å². The van der Waals surface area contributed by atoms with Crippen molar-refractivity contribution in [1.29, 1.82) is 0 Å². The first kappa shape index (κ1) is 18.8. The lowest BCUT2D eigenvalue weighted by Gasteiger charge is -2.26. The van der Waals surface area contributed by atoms with Gasteiger partial charge in [-0.15, -0.1) is 23.7 Å². The molecule has 0 aliphatic carbocycles. The van der Waals surface area contributed by atoms with Crippen molar-refractivity contribution < 1.29 is 8.42 Å². The fourth-order valence-corrected chi connectivity index (χ4v) is 4.23. The van der Waals surface area contributed by atoms with E-state index >= 15 is 0 Å². The summed E-state index contributed by atoms with van der Waals surface area (Å²) in [4.78, 5) is 4.13. The summed E-state index contributed by atoms with van der Waals surface area (Å²) in [7, 11) is -3.50. The van der Waals surface area contributed by atoms with Crippen LogP contribution in [0, 0.1) is 13.8 Å². The molecule has 0 unspecified atom stereocenters. The van der Waals surface area contributed by atoms with E-state index in [1.165, 1.54) is 11.3 Å². The average Bonchev–Trinajstić information content (AvgIpc) is 2.66. The molecule has 0 aliphatic heterocycles. The number of aromatic nitrogens is 1. The smallest absolute Gasteiger partial charge is 0.252 e. The lowest BCUT2D eigenvalue weighted by Crippen LogP contribution is -2.49. The summed E-state index contributed by atoms with van der Waals surface area (Å²) in [5.74, 6) is 0. The Morgan fingerprint density at radius 1 is 1.32 bits per heavy atom. The van der Waals surface area contributed by atoms with Crippen LogP contribution in [0.5, 0.6) is 0 Å². The number of thiazole rings is 1. The Labute approximate surface area is 125 Å². The second-order valence-electron chi connectivity index (χ2n) is 4.50. The molecule has 0 saturated carbocycles. The molecule has 0 atom stereocenters. The largest absolute Gasteiger partial charge is 0.324 e. The number of sulfonamides is 1. The molecule has 0 spiro atoms. The summed E-state index contributed by atoms with van der Waals surface area (Å²) in [6, 6.07) is 0. The molecule has 1 aromatic heterocycles. The number of hydrogen-bond acceptors (Lipinski definition) is 5. The maximum atomic E-state index is 12.1. The Morgan fingerprint density at radius 2 is 1.84 bits per heavy atom. The maximum absolute atomic E-state index is 12.1. The zero-order valence-corrected chi connectivity index (χ0v) is 14.1. The van der Waals surface area contributed by atoms with Crippen LogP contribution in [0.15, 0.2) is 4.21 Å². The second-order valence-corrected chi connectivity index (χ2v) is 7.67. The Kier molecular flexibility index (Phi) is 6.91. The standard InChI is InChI=1S/C11H21N3O2S2.ClH/c1-5-11(12,6-2)7-13-18(15,16)10-8(3)14-9(4)17-10;/h13H,5-7,12H2,1-4H3;1H. The van der Waals surface area contributed by atoms with Gasteiger partial charge in [-0.25, -0.2) is 18.1 Å². The highest BCUT2D eigenvalue weighted by atomic mass is 35.5. The molecule has 0 saturated heterocycles. The maximum Gasteiger partial charge on any atom is 0.252 e. The summed E-state index contributed by atoms with van der Waals surface area (Å²) in [5.41, 5.74) is 6.14. The van der Waals surface area contributed by atoms with E-state index in [2.05, 4.69) is 9.71 Å². The van der Waals surface area contributed by atoms with Crippen molar-refractivity contribution in [2.75, 3.05) is 6.54 Å². The predicted octanol–water partition coefficient (Wildman–Crippen LogP) is 1.98. The summed E-state index contributed by atoms with van der Waals surface area (Å²) in [5, 5.41) is 0.748. The van der Waals surface area contributed by atoms with Crippen LogP contribution in [0.25, 0.3) is 0 Å². The molecular formula is C11H22ClN3O2S2. The Hall–Kier alpha value is -0.210. The normalized spacial score (nSPS) is 12.3. The molecule has 112 valence electrons. The van der Waals surface area contributed by atoms with Gasteiger partial charge in [0.2, 0.25) is 0 Å². The van der Waals surface area contributed by atoms with E-state index in [4.69, 9.17) is 5.73 Å². The minimum atomic E-state index is -3.50. The molecule has 0 aromatic carbocycles. The summed E-state index contributed by atoms with van der Waals surface area (Å²) in [6.07, 6.45) is 1.46. The van der Waals surface area contributed by atoms with Crippen LogP contribution in [0.4, 0.5) is 0 Å². The molecular weight excluding hydrogens is 306 g/mol. The number of nitrogens with two attached hydrogens (primary N) is 1. The third-order valence-corrected chi connectivity index (χ3v) is 6.21. The highest BCUT2D eigenvalue weighted by molar-refractivity contribution is 7.91. The molecule has 0 amide bonds. The summed E-state index contributed by atoms with van der Waals surface area (Å²) in [6.45, 7) is 7.66. The molecule has 1 rings (SSSR count). The first-order chi connectivity index (χ1) is 8.24. The van der Waals surface area contributed by atoms with Gasteiger partial charge >= 0.3 is 0 Å². The summed E-state index contributed by atoms with van der Waals surface area (Å²) >= 11 is 1.18. The Balaban J connectivity index is 0.00000324. The average molecular weight is 328 g/mol. The van der Waals surface area contributed by atoms with E-state index in [9.17, 15) is 8.42 Å². The molecule has 5 nitrogen and oxygen atoms in total. The molecule has 0 bridgehead atoms. The van der Waals surface area contributed by atoms with Crippen LogP contribution < -0.4 is 10.5 Å². The number of rotatable bonds is 6. The van der Waals surface area contributed by atoms with Gasteiger partial charge in [-0.3, -0.25) is 0 Å². The van der Waals surface area contributed by atoms with Crippen molar-refractivity contribution in [1.82, 2.24) is 9.71 Å². The molecule has 3 N–H and O–H groups in total. The third kappa shape index (κ3) is 4.68. The van der Waals surface area contributed by atoms with Crippen LogP contribution >= 0.6 is 23.7 Å². The minimum absolute atomic E-state index is 0. The minimum Gasteiger partial charge on any atom is -0.324 e. The van der Waals surface area contributed by atoms with E-state index in [1.54, 1.807) is 13.8 Å². The van der Waals surface area contributed by atoms with Gasteiger partial charge in [0.25, 0.3) is 10.0 Å². The van der Waals surface area contributed by atoms with Crippen molar-refractivity contribution in [3.8, 4) is 0 Å². The monoisotopic (exact) mass is 327 g/mol. The predicted molar refractivity (Wildman–Crippen MR) is 81.5 cm³/mol. The Morgan fingerprint density at radius 3 is 2.21 bits per heavy atom. The fraction of sp³-hybridized carbons (Fsp3) is 0.727. The zero-order chi connectivity index (χ0) is 14.0. The van der Waals surface area contributed by atoms with Gasteiger partial charge in [-0.1, -0.05) is 13.8 Å². The Bertz CT molecular complexity index is 510. The number of nitrogens with one attached hydrogen (secondary N) is 1.